The van der Waals surface area contributed by atoms with Gasteiger partial charge in [0, 0.05) is 30.7 Å². The minimum Gasteiger partial charge on any atom is -0.386 e. The van der Waals surface area contributed by atoms with Gasteiger partial charge in [0.1, 0.15) is 5.69 Å². The summed E-state index contributed by atoms with van der Waals surface area (Å²) in [5, 5.41) is 10.3. The summed E-state index contributed by atoms with van der Waals surface area (Å²) >= 11 is 0. The van der Waals surface area contributed by atoms with Crippen LogP contribution in [0.5, 0.6) is 0 Å². The SMILES string of the molecule is CCCN(C[C@@H](O)c1cccnc1)C(=O)Cc1ccc(C(F)(F)F)nc1. The highest BCUT2D eigenvalue weighted by Gasteiger charge is 2.32. The molecular formula is C18H20F3N3O2. The van der Waals surface area contributed by atoms with Crippen LogP contribution in [0.1, 0.15) is 36.3 Å². The summed E-state index contributed by atoms with van der Waals surface area (Å²) in [6.07, 6.45) is -0.610. The van der Waals surface area contributed by atoms with Crippen molar-refractivity contribution in [2.24, 2.45) is 0 Å². The van der Waals surface area contributed by atoms with Gasteiger partial charge in [0.05, 0.1) is 19.1 Å². The van der Waals surface area contributed by atoms with Crippen molar-refractivity contribution in [1.82, 2.24) is 14.9 Å². The molecule has 0 aromatic carbocycles. The second kappa shape index (κ2) is 8.75. The Morgan fingerprint density at radius 3 is 2.58 bits per heavy atom. The number of amides is 1. The van der Waals surface area contributed by atoms with E-state index in [2.05, 4.69) is 9.97 Å². The number of carbonyl (C=O) groups excluding carboxylic acids is 1. The fraction of sp³-hybridized carbons (Fsp3) is 0.389. The molecule has 0 saturated heterocycles. The molecule has 0 radical (unpaired) electrons. The third-order valence-corrected chi connectivity index (χ3v) is 3.78. The Morgan fingerprint density at radius 2 is 2.04 bits per heavy atom. The van der Waals surface area contributed by atoms with Gasteiger partial charge in [-0.1, -0.05) is 19.1 Å². The van der Waals surface area contributed by atoms with E-state index in [1.54, 1.807) is 18.3 Å². The van der Waals surface area contributed by atoms with E-state index in [0.717, 1.165) is 12.3 Å². The number of aromatic nitrogens is 2. The summed E-state index contributed by atoms with van der Waals surface area (Å²) in [7, 11) is 0. The van der Waals surface area contributed by atoms with E-state index in [1.807, 2.05) is 6.92 Å². The van der Waals surface area contributed by atoms with Crippen molar-refractivity contribution in [3.05, 3.63) is 59.7 Å². The molecule has 0 spiro atoms. The first-order chi connectivity index (χ1) is 12.3. The second-order valence-corrected chi connectivity index (χ2v) is 5.87. The lowest BCUT2D eigenvalue weighted by atomic mass is 10.1. The van der Waals surface area contributed by atoms with E-state index in [9.17, 15) is 23.1 Å². The molecule has 2 rings (SSSR count). The zero-order valence-corrected chi connectivity index (χ0v) is 14.3. The molecule has 1 amide bonds. The predicted octanol–water partition coefficient (Wildman–Crippen LogP) is 3.01. The number of carbonyl (C=O) groups is 1. The molecule has 2 heterocycles. The van der Waals surface area contributed by atoms with Crippen LogP contribution in [0.3, 0.4) is 0 Å². The lowest BCUT2D eigenvalue weighted by molar-refractivity contribution is -0.141. The zero-order valence-electron chi connectivity index (χ0n) is 14.3. The van der Waals surface area contributed by atoms with Crippen LogP contribution in [0.4, 0.5) is 13.2 Å². The highest BCUT2D eigenvalue weighted by molar-refractivity contribution is 5.78. The summed E-state index contributed by atoms with van der Waals surface area (Å²) in [4.78, 5) is 21.3. The number of alkyl halides is 3. The van der Waals surface area contributed by atoms with Crippen LogP contribution in [0.25, 0.3) is 0 Å². The number of halogens is 3. The van der Waals surface area contributed by atoms with Crippen molar-refractivity contribution in [1.29, 1.82) is 0 Å². The van der Waals surface area contributed by atoms with Crippen LogP contribution >= 0.6 is 0 Å². The molecule has 0 aliphatic carbocycles. The van der Waals surface area contributed by atoms with Crippen molar-refractivity contribution in [3.63, 3.8) is 0 Å². The lowest BCUT2D eigenvalue weighted by Gasteiger charge is -2.25. The van der Waals surface area contributed by atoms with Gasteiger partial charge in [-0.05, 0) is 24.1 Å². The molecule has 0 bridgehead atoms. The number of aliphatic hydroxyl groups is 1. The van der Waals surface area contributed by atoms with Gasteiger partial charge in [-0.25, -0.2) is 0 Å². The first kappa shape index (κ1) is 19.8. The largest absolute Gasteiger partial charge is 0.433 e. The Labute approximate surface area is 149 Å². The van der Waals surface area contributed by atoms with Crippen LogP contribution in [0, 0.1) is 0 Å². The normalized spacial score (nSPS) is 12.7. The van der Waals surface area contributed by atoms with Gasteiger partial charge in [-0.15, -0.1) is 0 Å². The average molecular weight is 367 g/mol. The number of pyridine rings is 2. The summed E-state index contributed by atoms with van der Waals surface area (Å²) < 4.78 is 37.6. The Bertz CT molecular complexity index is 706. The fourth-order valence-corrected chi connectivity index (χ4v) is 2.46. The molecule has 8 heteroatoms. The minimum atomic E-state index is -4.51. The topological polar surface area (TPSA) is 66.3 Å². The van der Waals surface area contributed by atoms with Crippen LogP contribution in [-0.4, -0.2) is 39.0 Å². The van der Waals surface area contributed by atoms with Crippen molar-refractivity contribution in [3.8, 4) is 0 Å². The number of rotatable bonds is 7. The van der Waals surface area contributed by atoms with E-state index in [4.69, 9.17) is 0 Å². The molecule has 0 saturated carbocycles. The summed E-state index contributed by atoms with van der Waals surface area (Å²) in [6.45, 7) is 2.42. The zero-order chi connectivity index (χ0) is 19.2. The maximum absolute atomic E-state index is 12.5. The number of hydrogen-bond donors (Lipinski definition) is 1. The van der Waals surface area contributed by atoms with Crippen molar-refractivity contribution < 1.29 is 23.1 Å². The van der Waals surface area contributed by atoms with Gasteiger partial charge >= 0.3 is 6.18 Å². The van der Waals surface area contributed by atoms with Crippen LogP contribution in [0.15, 0.2) is 42.9 Å². The van der Waals surface area contributed by atoms with Gasteiger partial charge in [-0.2, -0.15) is 13.2 Å². The molecular weight excluding hydrogens is 347 g/mol. The lowest BCUT2D eigenvalue weighted by Crippen LogP contribution is -2.36. The van der Waals surface area contributed by atoms with Crippen molar-refractivity contribution in [2.75, 3.05) is 13.1 Å². The predicted molar refractivity (Wildman–Crippen MR) is 89.0 cm³/mol. The molecule has 0 fully saturated rings. The number of aliphatic hydroxyl groups excluding tert-OH is 1. The second-order valence-electron chi connectivity index (χ2n) is 5.87. The Kier molecular flexibility index (Phi) is 6.68. The van der Waals surface area contributed by atoms with E-state index >= 15 is 0 Å². The molecule has 26 heavy (non-hydrogen) atoms. The Hall–Kier alpha value is -2.48. The highest BCUT2D eigenvalue weighted by atomic mass is 19.4. The third kappa shape index (κ3) is 5.52. The van der Waals surface area contributed by atoms with Crippen LogP contribution < -0.4 is 0 Å². The Morgan fingerprint density at radius 1 is 1.27 bits per heavy atom. The monoisotopic (exact) mass is 367 g/mol. The quantitative estimate of drug-likeness (QED) is 0.817. The number of nitrogens with zero attached hydrogens (tertiary/aromatic N) is 3. The molecule has 0 aliphatic rings. The molecule has 1 atom stereocenters. The maximum Gasteiger partial charge on any atom is 0.433 e. The first-order valence-corrected chi connectivity index (χ1v) is 8.19. The van der Waals surface area contributed by atoms with Crippen molar-refractivity contribution >= 4 is 5.91 Å². The highest BCUT2D eigenvalue weighted by Crippen LogP contribution is 2.27. The van der Waals surface area contributed by atoms with E-state index < -0.39 is 18.0 Å². The molecule has 0 unspecified atom stereocenters. The maximum atomic E-state index is 12.5. The van der Waals surface area contributed by atoms with Crippen LogP contribution in [-0.2, 0) is 17.4 Å². The summed E-state index contributed by atoms with van der Waals surface area (Å²) in [6, 6.07) is 5.51. The van der Waals surface area contributed by atoms with Gasteiger partial charge < -0.3 is 10.0 Å². The molecule has 2 aromatic heterocycles. The Balaban J connectivity index is 2.03. The van der Waals surface area contributed by atoms with Gasteiger partial charge in [0.15, 0.2) is 0 Å². The van der Waals surface area contributed by atoms with E-state index in [-0.39, 0.29) is 18.9 Å². The molecule has 140 valence electrons. The van der Waals surface area contributed by atoms with Crippen LogP contribution in [0.2, 0.25) is 0 Å². The van der Waals surface area contributed by atoms with Gasteiger partial charge in [0.25, 0.3) is 0 Å². The summed E-state index contributed by atoms with van der Waals surface area (Å²) in [5.41, 5.74) is -0.0105. The third-order valence-electron chi connectivity index (χ3n) is 3.78. The fourth-order valence-electron chi connectivity index (χ4n) is 2.46. The smallest absolute Gasteiger partial charge is 0.386 e. The van der Waals surface area contributed by atoms with Gasteiger partial charge in [0.2, 0.25) is 5.91 Å². The van der Waals surface area contributed by atoms with Gasteiger partial charge in [-0.3, -0.25) is 14.8 Å². The minimum absolute atomic E-state index is 0.0785. The van der Waals surface area contributed by atoms with E-state index in [0.29, 0.717) is 24.1 Å². The molecule has 5 nitrogen and oxygen atoms in total. The first-order valence-electron chi connectivity index (χ1n) is 8.19. The number of hydrogen-bond acceptors (Lipinski definition) is 4. The molecule has 0 aliphatic heterocycles. The van der Waals surface area contributed by atoms with Crippen molar-refractivity contribution in [2.45, 2.75) is 32.0 Å². The molecule has 1 N–H and O–H groups in total. The average Bonchev–Trinajstić information content (AvgIpc) is 2.61. The van der Waals surface area contributed by atoms with E-state index in [1.165, 1.54) is 17.2 Å². The molecule has 2 aromatic rings. The standard InChI is InChI=1S/C18H20F3N3O2/c1-2-8-24(12-15(25)14-4-3-7-22-11-14)17(26)9-13-5-6-16(23-10-13)18(19,20)21/h3-7,10-11,15,25H,2,8-9,12H2,1H3/t15-/m1/s1. The summed E-state index contributed by atoms with van der Waals surface area (Å²) in [5.74, 6) is -0.281.